The van der Waals surface area contributed by atoms with Crippen molar-refractivity contribution in [2.24, 2.45) is 0 Å². The molecular weight excluding hydrogens is 419 g/mol. The lowest BCUT2D eigenvalue weighted by molar-refractivity contribution is 0.102. The van der Waals surface area contributed by atoms with E-state index in [9.17, 15) is 9.18 Å². The largest absolute Gasteiger partial charge is 0.487 e. The van der Waals surface area contributed by atoms with E-state index >= 15 is 0 Å². The van der Waals surface area contributed by atoms with Gasteiger partial charge in [-0.2, -0.15) is 0 Å². The first-order chi connectivity index (χ1) is 16.2. The molecule has 2 aromatic carbocycles. The van der Waals surface area contributed by atoms with E-state index in [1.807, 2.05) is 38.1 Å². The number of pyridine rings is 2. The molecule has 0 unspecified atom stereocenters. The number of nitrogens with zero attached hydrogens (tertiary/aromatic N) is 2. The van der Waals surface area contributed by atoms with E-state index < -0.39 is 0 Å². The highest BCUT2D eigenvalue weighted by Gasteiger charge is 2.21. The van der Waals surface area contributed by atoms with Crippen LogP contribution in [0.1, 0.15) is 24.2 Å². The van der Waals surface area contributed by atoms with Gasteiger partial charge in [-0.3, -0.25) is 4.79 Å². The molecule has 0 bridgehead atoms. The van der Waals surface area contributed by atoms with Crippen molar-refractivity contribution in [3.8, 4) is 16.9 Å². The molecule has 0 aliphatic carbocycles. The Kier molecular flexibility index (Phi) is 6.90. The van der Waals surface area contributed by atoms with Crippen molar-refractivity contribution >= 4 is 22.8 Å². The summed E-state index contributed by atoms with van der Waals surface area (Å²) in [5.74, 6) is 0.399. The molecule has 1 aliphatic rings. The topological polar surface area (TPSA) is 76.1 Å². The van der Waals surface area contributed by atoms with Gasteiger partial charge >= 0.3 is 0 Å². The fraction of sp³-hybridized carbons (Fsp3) is 0.192. The number of hydrogen-bond donors (Lipinski definition) is 2. The zero-order valence-corrected chi connectivity index (χ0v) is 18.5. The molecule has 1 saturated heterocycles. The first-order valence-electron chi connectivity index (χ1n) is 11.0. The van der Waals surface area contributed by atoms with Crippen LogP contribution >= 0.6 is 0 Å². The van der Waals surface area contributed by atoms with E-state index in [1.54, 1.807) is 36.5 Å². The Hall–Kier alpha value is -3.84. The minimum atomic E-state index is -0.303. The number of fused-ring (bicyclic) bond motifs is 1. The van der Waals surface area contributed by atoms with Gasteiger partial charge in [-0.1, -0.05) is 26.0 Å². The predicted molar refractivity (Wildman–Crippen MR) is 128 cm³/mol. The van der Waals surface area contributed by atoms with Gasteiger partial charge in [0, 0.05) is 35.8 Å². The monoisotopic (exact) mass is 444 g/mol. The minimum Gasteiger partial charge on any atom is -0.487 e. The van der Waals surface area contributed by atoms with Crippen LogP contribution in [0.3, 0.4) is 0 Å². The second-order valence-corrected chi connectivity index (χ2v) is 7.32. The summed E-state index contributed by atoms with van der Waals surface area (Å²) < 4.78 is 19.5. The Labute approximate surface area is 191 Å². The maximum atomic E-state index is 13.3. The van der Waals surface area contributed by atoms with E-state index in [4.69, 9.17) is 4.74 Å². The van der Waals surface area contributed by atoms with Crippen LogP contribution in [0, 0.1) is 5.82 Å². The first-order valence-corrected chi connectivity index (χ1v) is 11.0. The summed E-state index contributed by atoms with van der Waals surface area (Å²) in [6, 6.07) is 18.8. The zero-order chi connectivity index (χ0) is 23.2. The summed E-state index contributed by atoms with van der Waals surface area (Å²) in [7, 11) is 0. The molecular formula is C26H25FN4O2. The van der Waals surface area contributed by atoms with Crippen molar-refractivity contribution in [3.63, 3.8) is 0 Å². The molecule has 3 heterocycles. The van der Waals surface area contributed by atoms with Crippen LogP contribution in [-0.4, -0.2) is 35.1 Å². The maximum Gasteiger partial charge on any atom is 0.256 e. The molecule has 6 nitrogen and oxygen atoms in total. The van der Waals surface area contributed by atoms with Gasteiger partial charge in [0.05, 0.1) is 0 Å². The van der Waals surface area contributed by atoms with Gasteiger partial charge in [-0.05, 0) is 60.2 Å². The fourth-order valence-electron chi connectivity index (χ4n) is 3.37. The van der Waals surface area contributed by atoms with E-state index in [-0.39, 0.29) is 17.8 Å². The van der Waals surface area contributed by atoms with Crippen LogP contribution in [0.15, 0.2) is 72.9 Å². The third-order valence-electron chi connectivity index (χ3n) is 5.14. The van der Waals surface area contributed by atoms with Crippen molar-refractivity contribution in [2.75, 3.05) is 18.4 Å². The van der Waals surface area contributed by atoms with E-state index in [1.165, 1.54) is 12.1 Å². The summed E-state index contributed by atoms with van der Waals surface area (Å²) in [5, 5.41) is 6.88. The lowest BCUT2D eigenvalue weighted by Crippen LogP contribution is -2.50. The van der Waals surface area contributed by atoms with E-state index in [0.717, 1.165) is 29.6 Å². The third-order valence-corrected chi connectivity index (χ3v) is 5.14. The highest BCUT2D eigenvalue weighted by atomic mass is 19.1. The number of halogens is 1. The number of carbonyl (C=O) groups excluding carboxylic acids is 1. The minimum absolute atomic E-state index is 0.0331. The lowest BCUT2D eigenvalue weighted by Gasteiger charge is -2.29. The summed E-state index contributed by atoms with van der Waals surface area (Å²) in [4.78, 5) is 21.5. The van der Waals surface area contributed by atoms with Crippen molar-refractivity contribution in [2.45, 2.75) is 20.0 Å². The van der Waals surface area contributed by atoms with Crippen molar-refractivity contribution < 1.29 is 13.9 Å². The van der Waals surface area contributed by atoms with Gasteiger partial charge in [0.25, 0.3) is 5.91 Å². The number of amides is 1. The summed E-state index contributed by atoms with van der Waals surface area (Å²) in [6.45, 7) is 5.49. The van der Waals surface area contributed by atoms with E-state index in [0.29, 0.717) is 22.8 Å². The highest BCUT2D eigenvalue weighted by Crippen LogP contribution is 2.32. The molecule has 0 spiro atoms. The molecule has 2 N–H and O–H groups in total. The molecule has 0 atom stereocenters. The highest BCUT2D eigenvalue weighted by molar-refractivity contribution is 6.04. The summed E-state index contributed by atoms with van der Waals surface area (Å²) in [6.07, 6.45) is 1.69. The van der Waals surface area contributed by atoms with Crippen molar-refractivity contribution in [1.82, 2.24) is 15.3 Å². The SMILES string of the molecule is CC.O=C(Nc1ccc2cccnc2n1)c1ccc(-c2ccc(F)cc2)c(OC2CNC2)c1. The second kappa shape index (κ2) is 10.2. The van der Waals surface area contributed by atoms with Gasteiger partial charge in [-0.15, -0.1) is 0 Å². The summed E-state index contributed by atoms with van der Waals surface area (Å²) in [5.41, 5.74) is 2.62. The molecule has 168 valence electrons. The quantitative estimate of drug-likeness (QED) is 0.450. The molecule has 4 aromatic rings. The number of nitrogens with one attached hydrogen (secondary N) is 2. The smallest absolute Gasteiger partial charge is 0.256 e. The van der Waals surface area contributed by atoms with Gasteiger partial charge < -0.3 is 15.4 Å². The Morgan fingerprint density at radius 3 is 2.58 bits per heavy atom. The van der Waals surface area contributed by atoms with Crippen LogP contribution in [0.4, 0.5) is 10.2 Å². The molecule has 1 fully saturated rings. The maximum absolute atomic E-state index is 13.3. The van der Waals surface area contributed by atoms with Crippen LogP contribution in [0.5, 0.6) is 5.75 Å². The normalized spacial score (nSPS) is 12.9. The van der Waals surface area contributed by atoms with Crippen LogP contribution in [0.2, 0.25) is 0 Å². The van der Waals surface area contributed by atoms with E-state index in [2.05, 4.69) is 20.6 Å². The number of ether oxygens (including phenoxy) is 1. The first kappa shape index (κ1) is 22.4. The molecule has 0 radical (unpaired) electrons. The van der Waals surface area contributed by atoms with Crippen molar-refractivity contribution in [1.29, 1.82) is 0 Å². The third kappa shape index (κ3) is 5.15. The number of aromatic nitrogens is 2. The number of hydrogen-bond acceptors (Lipinski definition) is 5. The lowest BCUT2D eigenvalue weighted by atomic mass is 10.0. The Balaban J connectivity index is 0.00000126. The fourth-order valence-corrected chi connectivity index (χ4v) is 3.37. The molecule has 2 aromatic heterocycles. The molecule has 1 amide bonds. The van der Waals surface area contributed by atoms with Gasteiger partial charge in [0.2, 0.25) is 0 Å². The average molecular weight is 445 g/mol. The Morgan fingerprint density at radius 2 is 1.85 bits per heavy atom. The molecule has 33 heavy (non-hydrogen) atoms. The standard InChI is InChI=1S/C24H19FN4O2.C2H6/c25-18-7-3-15(4-8-18)20-9-5-17(12-21(20)31-19-13-26-14-19)24(30)29-22-10-6-16-2-1-11-27-23(16)28-22;1-2/h1-12,19,26H,13-14H2,(H,27,28,29,30);1-2H3. The Morgan fingerprint density at radius 1 is 1.06 bits per heavy atom. The number of rotatable bonds is 5. The molecule has 0 saturated carbocycles. The van der Waals surface area contributed by atoms with Gasteiger partial charge in [0.1, 0.15) is 23.5 Å². The molecule has 1 aliphatic heterocycles. The Bertz CT molecular complexity index is 1260. The molecule has 5 rings (SSSR count). The van der Waals surface area contributed by atoms with Crippen LogP contribution < -0.4 is 15.4 Å². The summed E-state index contributed by atoms with van der Waals surface area (Å²) >= 11 is 0. The number of carbonyl (C=O) groups is 1. The number of benzene rings is 2. The van der Waals surface area contributed by atoms with Gasteiger partial charge in [-0.25, -0.2) is 14.4 Å². The van der Waals surface area contributed by atoms with Crippen LogP contribution in [0.25, 0.3) is 22.2 Å². The number of anilines is 1. The second-order valence-electron chi connectivity index (χ2n) is 7.32. The van der Waals surface area contributed by atoms with Gasteiger partial charge in [0.15, 0.2) is 5.65 Å². The van der Waals surface area contributed by atoms with Crippen molar-refractivity contribution in [3.05, 3.63) is 84.3 Å². The zero-order valence-electron chi connectivity index (χ0n) is 18.5. The van der Waals surface area contributed by atoms with Crippen LogP contribution in [-0.2, 0) is 0 Å². The molecule has 7 heteroatoms. The average Bonchev–Trinajstić information content (AvgIpc) is 2.83. The predicted octanol–water partition coefficient (Wildman–Crippen LogP) is 5.07.